The van der Waals surface area contributed by atoms with E-state index in [0.29, 0.717) is 22.3 Å². The Labute approximate surface area is 150 Å². The van der Waals surface area contributed by atoms with E-state index in [1.54, 1.807) is 11.4 Å². The molecule has 0 unspecified atom stereocenters. The number of anilines is 2. The number of nitrogens with one attached hydrogen (secondary N) is 1. The van der Waals surface area contributed by atoms with Crippen LogP contribution in [0, 0.1) is 15.9 Å². The van der Waals surface area contributed by atoms with Crippen molar-refractivity contribution in [3.63, 3.8) is 0 Å². The van der Waals surface area contributed by atoms with Crippen molar-refractivity contribution in [2.24, 2.45) is 5.10 Å². The lowest BCUT2D eigenvalue weighted by Gasteiger charge is -2.06. The molecule has 2 aromatic carbocycles. The van der Waals surface area contributed by atoms with Gasteiger partial charge in [0, 0.05) is 17.0 Å². The Morgan fingerprint density at radius 1 is 1.31 bits per heavy atom. The lowest BCUT2D eigenvalue weighted by atomic mass is 10.2. The molecule has 0 spiro atoms. The van der Waals surface area contributed by atoms with Gasteiger partial charge in [0.25, 0.3) is 0 Å². The van der Waals surface area contributed by atoms with Gasteiger partial charge in [-0.3, -0.25) is 15.5 Å². The maximum atomic E-state index is 12.9. The van der Waals surface area contributed by atoms with E-state index >= 15 is 0 Å². The molecule has 0 aliphatic rings. The summed E-state index contributed by atoms with van der Waals surface area (Å²) >= 11 is 1.28. The van der Waals surface area contributed by atoms with Crippen molar-refractivity contribution in [2.45, 2.75) is 0 Å². The molecule has 10 heteroatoms. The summed E-state index contributed by atoms with van der Waals surface area (Å²) in [5.41, 5.74) is 8.43. The van der Waals surface area contributed by atoms with Crippen molar-refractivity contribution in [1.82, 2.24) is 4.98 Å². The molecule has 3 rings (SSSR count). The Bertz CT molecular complexity index is 959. The fourth-order valence-corrected chi connectivity index (χ4v) is 2.52. The number of ether oxygens (including phenoxy) is 1. The Kier molecular flexibility index (Phi) is 5.04. The van der Waals surface area contributed by atoms with Crippen molar-refractivity contribution in [3.05, 3.63) is 69.3 Å². The fraction of sp³-hybridized carbons (Fsp3) is 0. The number of aromatic nitrogens is 1. The number of hydrogen-bond donors (Lipinski definition) is 2. The van der Waals surface area contributed by atoms with Crippen LogP contribution in [0.15, 0.2) is 52.9 Å². The second kappa shape index (κ2) is 7.57. The molecule has 0 radical (unpaired) electrons. The minimum atomic E-state index is -0.564. The van der Waals surface area contributed by atoms with E-state index in [9.17, 15) is 14.5 Å². The van der Waals surface area contributed by atoms with Crippen molar-refractivity contribution < 1.29 is 14.1 Å². The first-order chi connectivity index (χ1) is 12.5. The zero-order chi connectivity index (χ0) is 18.5. The number of rotatable bonds is 6. The van der Waals surface area contributed by atoms with Gasteiger partial charge in [0.15, 0.2) is 0 Å². The van der Waals surface area contributed by atoms with Gasteiger partial charge < -0.3 is 10.5 Å². The average molecular weight is 373 g/mol. The molecule has 3 aromatic rings. The highest BCUT2D eigenvalue weighted by molar-refractivity contribution is 7.14. The second-order valence-electron chi connectivity index (χ2n) is 4.99. The molecular formula is C16H12FN5O3S. The van der Waals surface area contributed by atoms with Gasteiger partial charge in [-0.15, -0.1) is 11.3 Å². The molecule has 0 fully saturated rings. The SMILES string of the molecule is Nc1csc(NN=Cc2ccc(Oc3ccc(F)cc3)c([N+](=O)[O-])c2)n1. The largest absolute Gasteiger partial charge is 0.450 e. The maximum absolute atomic E-state index is 12.9. The molecule has 1 heterocycles. The van der Waals surface area contributed by atoms with Crippen LogP contribution in [-0.4, -0.2) is 16.1 Å². The first kappa shape index (κ1) is 17.3. The number of nitrogens with zero attached hydrogens (tertiary/aromatic N) is 3. The molecule has 0 amide bonds. The second-order valence-corrected chi connectivity index (χ2v) is 5.85. The zero-order valence-corrected chi connectivity index (χ0v) is 13.9. The van der Waals surface area contributed by atoms with Crippen LogP contribution >= 0.6 is 11.3 Å². The minimum Gasteiger partial charge on any atom is -0.450 e. The van der Waals surface area contributed by atoms with Crippen molar-refractivity contribution in [3.8, 4) is 11.5 Å². The first-order valence-corrected chi connectivity index (χ1v) is 8.11. The molecule has 0 atom stereocenters. The van der Waals surface area contributed by atoms with Crippen molar-refractivity contribution in [2.75, 3.05) is 11.2 Å². The molecule has 0 aliphatic carbocycles. The van der Waals surface area contributed by atoms with E-state index in [1.165, 1.54) is 53.9 Å². The van der Waals surface area contributed by atoms with E-state index in [2.05, 4.69) is 15.5 Å². The predicted octanol–water partition coefficient (Wildman–Crippen LogP) is 4.01. The van der Waals surface area contributed by atoms with Crippen LogP contribution in [0.1, 0.15) is 5.56 Å². The summed E-state index contributed by atoms with van der Waals surface area (Å²) in [6.07, 6.45) is 1.41. The minimum absolute atomic E-state index is 0.0411. The molecule has 0 saturated carbocycles. The highest BCUT2D eigenvalue weighted by Gasteiger charge is 2.16. The summed E-state index contributed by atoms with van der Waals surface area (Å²) in [5, 5.41) is 17.4. The molecule has 26 heavy (non-hydrogen) atoms. The normalized spacial score (nSPS) is 10.8. The Balaban J connectivity index is 1.77. The van der Waals surface area contributed by atoms with Gasteiger partial charge in [-0.05, 0) is 36.4 Å². The number of benzene rings is 2. The third-order valence-corrected chi connectivity index (χ3v) is 3.88. The predicted molar refractivity (Wildman–Crippen MR) is 97.3 cm³/mol. The highest BCUT2D eigenvalue weighted by Crippen LogP contribution is 2.32. The summed E-state index contributed by atoms with van der Waals surface area (Å²) in [4.78, 5) is 14.7. The van der Waals surface area contributed by atoms with Crippen LogP contribution in [0.4, 0.5) is 21.0 Å². The van der Waals surface area contributed by atoms with Gasteiger partial charge in [-0.1, -0.05) is 0 Å². The van der Waals surface area contributed by atoms with E-state index < -0.39 is 10.7 Å². The van der Waals surface area contributed by atoms with Crippen LogP contribution < -0.4 is 15.9 Å². The summed E-state index contributed by atoms with van der Waals surface area (Å²) < 4.78 is 18.4. The van der Waals surface area contributed by atoms with E-state index in [1.807, 2.05) is 0 Å². The lowest BCUT2D eigenvalue weighted by molar-refractivity contribution is -0.385. The number of nitro benzene ring substituents is 1. The lowest BCUT2D eigenvalue weighted by Crippen LogP contribution is -1.96. The van der Waals surface area contributed by atoms with E-state index in [4.69, 9.17) is 10.5 Å². The number of nitro groups is 1. The quantitative estimate of drug-likeness (QED) is 0.383. The third-order valence-electron chi connectivity index (χ3n) is 3.12. The Morgan fingerprint density at radius 3 is 2.73 bits per heavy atom. The topological polar surface area (TPSA) is 116 Å². The number of nitrogens with two attached hydrogens (primary N) is 1. The number of hydrogen-bond acceptors (Lipinski definition) is 8. The smallest absolute Gasteiger partial charge is 0.312 e. The number of hydrazone groups is 1. The van der Waals surface area contributed by atoms with E-state index in [-0.39, 0.29) is 11.4 Å². The molecule has 1 aromatic heterocycles. The third kappa shape index (κ3) is 4.30. The Morgan fingerprint density at radius 2 is 2.08 bits per heavy atom. The summed E-state index contributed by atoms with van der Waals surface area (Å²) in [7, 11) is 0. The Hall–Kier alpha value is -3.53. The standard InChI is InChI=1S/C16H12FN5O3S/c17-11-2-4-12(5-3-11)25-14-6-1-10(7-13(14)22(23)24)8-19-21-16-20-15(18)9-26-16/h1-9H,18H2,(H,20,21). The summed E-state index contributed by atoms with van der Waals surface area (Å²) in [6.45, 7) is 0. The first-order valence-electron chi connectivity index (χ1n) is 7.23. The number of thiazole rings is 1. The highest BCUT2D eigenvalue weighted by atomic mass is 32.1. The number of nitrogen functional groups attached to an aromatic ring is 1. The monoisotopic (exact) mass is 373 g/mol. The van der Waals surface area contributed by atoms with Gasteiger partial charge in [0.2, 0.25) is 10.9 Å². The molecule has 132 valence electrons. The van der Waals surface area contributed by atoms with Gasteiger partial charge in [0.05, 0.1) is 11.1 Å². The average Bonchev–Trinajstić information content (AvgIpc) is 3.03. The van der Waals surface area contributed by atoms with Crippen LogP contribution in [0.3, 0.4) is 0 Å². The van der Waals surface area contributed by atoms with E-state index in [0.717, 1.165) is 0 Å². The molecule has 3 N–H and O–H groups in total. The van der Waals surface area contributed by atoms with Crippen molar-refractivity contribution in [1.29, 1.82) is 0 Å². The van der Waals surface area contributed by atoms with Gasteiger partial charge in [0.1, 0.15) is 17.4 Å². The van der Waals surface area contributed by atoms with Crippen LogP contribution in [0.2, 0.25) is 0 Å². The molecule has 0 saturated heterocycles. The van der Waals surface area contributed by atoms with Gasteiger partial charge >= 0.3 is 5.69 Å². The van der Waals surface area contributed by atoms with Crippen molar-refractivity contribution >= 4 is 34.2 Å². The van der Waals surface area contributed by atoms with Gasteiger partial charge in [-0.2, -0.15) is 5.10 Å². The molecule has 8 nitrogen and oxygen atoms in total. The van der Waals surface area contributed by atoms with Crippen LogP contribution in [-0.2, 0) is 0 Å². The molecular weight excluding hydrogens is 361 g/mol. The van der Waals surface area contributed by atoms with Crippen LogP contribution in [0.25, 0.3) is 0 Å². The van der Waals surface area contributed by atoms with Crippen LogP contribution in [0.5, 0.6) is 11.5 Å². The summed E-state index contributed by atoms with van der Waals surface area (Å²) in [5.74, 6) is 0.289. The molecule has 0 aliphatic heterocycles. The maximum Gasteiger partial charge on any atom is 0.312 e. The molecule has 0 bridgehead atoms. The fourth-order valence-electron chi connectivity index (χ4n) is 1.97. The summed E-state index contributed by atoms with van der Waals surface area (Å²) in [6, 6.07) is 9.56. The van der Waals surface area contributed by atoms with Gasteiger partial charge in [-0.25, -0.2) is 9.37 Å². The number of halogens is 1. The zero-order valence-electron chi connectivity index (χ0n) is 13.1.